The van der Waals surface area contributed by atoms with Crippen LogP contribution in [-0.2, 0) is 4.79 Å². The molecule has 0 heterocycles. The highest BCUT2D eigenvalue weighted by Gasteiger charge is 2.16. The van der Waals surface area contributed by atoms with Crippen LogP contribution in [0.4, 0.5) is 8.78 Å². The van der Waals surface area contributed by atoms with Gasteiger partial charge in [0.05, 0.1) is 12.6 Å². The van der Waals surface area contributed by atoms with E-state index in [1.165, 1.54) is 0 Å². The molecule has 0 fully saturated rings. The molecular weight excluding hydrogens is 266 g/mol. The molecule has 1 rings (SSSR count). The van der Waals surface area contributed by atoms with E-state index in [2.05, 4.69) is 10.6 Å². The maximum atomic E-state index is 13.4. The molecule has 3 N–H and O–H groups in total. The van der Waals surface area contributed by atoms with Crippen molar-refractivity contribution in [2.24, 2.45) is 0 Å². The zero-order chi connectivity index (χ0) is 15.3. The van der Waals surface area contributed by atoms with Crippen LogP contribution in [0.5, 0.6) is 0 Å². The molecule has 6 heteroatoms. The van der Waals surface area contributed by atoms with Crippen LogP contribution in [0, 0.1) is 11.6 Å². The molecule has 0 aliphatic carbocycles. The topological polar surface area (TPSA) is 61.4 Å². The zero-order valence-corrected chi connectivity index (χ0v) is 11.8. The predicted octanol–water partition coefficient (Wildman–Crippen LogP) is 1.50. The number of aliphatic hydroxyl groups is 1. The van der Waals surface area contributed by atoms with Gasteiger partial charge in [0.2, 0.25) is 5.91 Å². The van der Waals surface area contributed by atoms with Crippen molar-refractivity contribution < 1.29 is 18.7 Å². The number of carbonyl (C=O) groups is 1. The number of aliphatic hydroxyl groups excluding tert-OH is 1. The van der Waals surface area contributed by atoms with Gasteiger partial charge in [-0.05, 0) is 39.0 Å². The molecule has 0 bridgehead atoms. The fourth-order valence-electron chi connectivity index (χ4n) is 1.66. The fourth-order valence-corrected chi connectivity index (χ4v) is 1.66. The van der Waals surface area contributed by atoms with E-state index in [0.717, 1.165) is 18.2 Å². The molecule has 0 aliphatic rings. The summed E-state index contributed by atoms with van der Waals surface area (Å²) in [7, 11) is 0. The Labute approximate surface area is 117 Å². The normalized spacial score (nSPS) is 13.1. The van der Waals surface area contributed by atoms with Gasteiger partial charge in [0, 0.05) is 17.6 Å². The van der Waals surface area contributed by atoms with E-state index >= 15 is 0 Å². The average Bonchev–Trinajstić information content (AvgIpc) is 2.29. The van der Waals surface area contributed by atoms with Crippen molar-refractivity contribution in [2.45, 2.75) is 32.4 Å². The first kappa shape index (κ1) is 16.5. The van der Waals surface area contributed by atoms with E-state index in [4.69, 9.17) is 0 Å². The number of carbonyl (C=O) groups excluding carboxylic acids is 1. The van der Waals surface area contributed by atoms with E-state index in [0.29, 0.717) is 0 Å². The molecule has 112 valence electrons. The summed E-state index contributed by atoms with van der Waals surface area (Å²) in [6.45, 7) is 5.49. The Bertz CT molecular complexity index is 473. The minimum absolute atomic E-state index is 0.00867. The molecule has 20 heavy (non-hydrogen) atoms. The maximum Gasteiger partial charge on any atom is 0.234 e. The largest absolute Gasteiger partial charge is 0.387 e. The number of nitrogens with one attached hydrogen (secondary N) is 2. The van der Waals surface area contributed by atoms with Gasteiger partial charge in [-0.3, -0.25) is 4.79 Å². The quantitative estimate of drug-likeness (QED) is 0.769. The third-order valence-electron chi connectivity index (χ3n) is 2.45. The van der Waals surface area contributed by atoms with Crippen LogP contribution in [0.3, 0.4) is 0 Å². The van der Waals surface area contributed by atoms with Gasteiger partial charge in [-0.2, -0.15) is 0 Å². The summed E-state index contributed by atoms with van der Waals surface area (Å²) >= 11 is 0. The van der Waals surface area contributed by atoms with E-state index in [1.54, 1.807) is 0 Å². The van der Waals surface area contributed by atoms with Crippen LogP contribution in [0.1, 0.15) is 32.4 Å². The zero-order valence-electron chi connectivity index (χ0n) is 11.8. The number of amides is 1. The number of hydrogen-bond acceptors (Lipinski definition) is 3. The summed E-state index contributed by atoms with van der Waals surface area (Å²) < 4.78 is 26.4. The second-order valence-electron chi connectivity index (χ2n) is 5.61. The Morgan fingerprint density at radius 1 is 1.35 bits per heavy atom. The molecule has 1 amide bonds. The molecule has 0 saturated heterocycles. The first-order valence-corrected chi connectivity index (χ1v) is 6.34. The molecular formula is C14H20F2N2O2. The molecule has 1 aromatic rings. The van der Waals surface area contributed by atoms with Gasteiger partial charge in [0.1, 0.15) is 11.6 Å². The van der Waals surface area contributed by atoms with E-state index in [-0.39, 0.29) is 30.1 Å². The van der Waals surface area contributed by atoms with Crippen molar-refractivity contribution in [3.63, 3.8) is 0 Å². The summed E-state index contributed by atoms with van der Waals surface area (Å²) in [5, 5.41) is 15.2. The van der Waals surface area contributed by atoms with Gasteiger partial charge in [-0.1, -0.05) is 0 Å². The lowest BCUT2D eigenvalue weighted by Crippen LogP contribution is -2.45. The van der Waals surface area contributed by atoms with Crippen LogP contribution < -0.4 is 10.6 Å². The van der Waals surface area contributed by atoms with Gasteiger partial charge in [0.15, 0.2) is 0 Å². The number of rotatable bonds is 5. The van der Waals surface area contributed by atoms with Gasteiger partial charge in [-0.15, -0.1) is 0 Å². The Morgan fingerprint density at radius 2 is 2.00 bits per heavy atom. The lowest BCUT2D eigenvalue weighted by atomic mass is 10.1. The fraction of sp³-hybridized carbons (Fsp3) is 0.500. The van der Waals surface area contributed by atoms with E-state index in [1.807, 2.05) is 20.8 Å². The third-order valence-corrected chi connectivity index (χ3v) is 2.45. The number of benzene rings is 1. The second kappa shape index (κ2) is 6.76. The highest BCUT2D eigenvalue weighted by atomic mass is 19.1. The average molecular weight is 286 g/mol. The smallest absolute Gasteiger partial charge is 0.234 e. The van der Waals surface area contributed by atoms with Crippen molar-refractivity contribution in [1.82, 2.24) is 10.6 Å². The van der Waals surface area contributed by atoms with Crippen LogP contribution >= 0.6 is 0 Å². The van der Waals surface area contributed by atoms with Crippen molar-refractivity contribution in [3.8, 4) is 0 Å². The molecule has 4 nitrogen and oxygen atoms in total. The summed E-state index contributed by atoms with van der Waals surface area (Å²) in [5.74, 6) is -1.53. The van der Waals surface area contributed by atoms with E-state index < -0.39 is 17.7 Å². The van der Waals surface area contributed by atoms with Crippen LogP contribution in [0.25, 0.3) is 0 Å². The van der Waals surface area contributed by atoms with Crippen LogP contribution in [-0.4, -0.2) is 29.6 Å². The molecule has 0 aromatic heterocycles. The van der Waals surface area contributed by atoms with Crippen molar-refractivity contribution >= 4 is 5.91 Å². The molecule has 1 atom stereocenters. The lowest BCUT2D eigenvalue weighted by molar-refractivity contribution is -0.121. The van der Waals surface area contributed by atoms with Crippen LogP contribution in [0.2, 0.25) is 0 Å². The first-order chi connectivity index (χ1) is 9.19. The standard InChI is InChI=1S/C14H20F2N2O2/c1-14(2,3)18-13(20)8-17-7-12(19)10-6-9(15)4-5-11(10)16/h4-6,12,17,19H,7-8H2,1-3H3,(H,18,20). The highest BCUT2D eigenvalue weighted by molar-refractivity contribution is 5.78. The van der Waals surface area contributed by atoms with Crippen molar-refractivity contribution in [2.75, 3.05) is 13.1 Å². The second-order valence-corrected chi connectivity index (χ2v) is 5.61. The summed E-state index contributed by atoms with van der Waals surface area (Å²) in [6.07, 6.45) is -1.21. The van der Waals surface area contributed by atoms with Gasteiger partial charge < -0.3 is 15.7 Å². The SMILES string of the molecule is CC(C)(C)NC(=O)CNCC(O)c1cc(F)ccc1F. The Morgan fingerprint density at radius 3 is 2.60 bits per heavy atom. The number of halogens is 2. The summed E-state index contributed by atoms with van der Waals surface area (Å²) in [4.78, 5) is 11.5. The Balaban J connectivity index is 2.46. The van der Waals surface area contributed by atoms with Gasteiger partial charge in [-0.25, -0.2) is 8.78 Å². The first-order valence-electron chi connectivity index (χ1n) is 6.34. The van der Waals surface area contributed by atoms with Crippen molar-refractivity contribution in [3.05, 3.63) is 35.4 Å². The maximum absolute atomic E-state index is 13.4. The summed E-state index contributed by atoms with van der Waals surface area (Å²) in [5.41, 5.74) is -0.472. The Hall–Kier alpha value is -1.53. The monoisotopic (exact) mass is 286 g/mol. The lowest BCUT2D eigenvalue weighted by Gasteiger charge is -2.21. The van der Waals surface area contributed by atoms with Gasteiger partial charge >= 0.3 is 0 Å². The molecule has 0 radical (unpaired) electrons. The molecule has 0 spiro atoms. The summed E-state index contributed by atoms with van der Waals surface area (Å²) in [6, 6.07) is 2.88. The molecule has 1 aromatic carbocycles. The third kappa shape index (κ3) is 5.63. The van der Waals surface area contributed by atoms with Gasteiger partial charge in [0.25, 0.3) is 0 Å². The van der Waals surface area contributed by atoms with Crippen LogP contribution in [0.15, 0.2) is 18.2 Å². The van der Waals surface area contributed by atoms with Crippen molar-refractivity contribution in [1.29, 1.82) is 0 Å². The highest BCUT2D eigenvalue weighted by Crippen LogP contribution is 2.17. The number of hydrogen-bond donors (Lipinski definition) is 3. The minimum atomic E-state index is -1.21. The molecule has 1 unspecified atom stereocenters. The van der Waals surface area contributed by atoms with E-state index in [9.17, 15) is 18.7 Å². The molecule has 0 saturated carbocycles. The molecule has 0 aliphatic heterocycles. The Kier molecular flexibility index (Phi) is 5.59. The minimum Gasteiger partial charge on any atom is -0.387 e. The predicted molar refractivity (Wildman–Crippen MR) is 72.1 cm³/mol.